The zero-order valence-electron chi connectivity index (χ0n) is 10.1. The highest BCUT2D eigenvalue weighted by molar-refractivity contribution is 5.65. The Balaban J connectivity index is 2.19. The van der Waals surface area contributed by atoms with Gasteiger partial charge in [-0.3, -0.25) is 14.9 Å². The van der Waals surface area contributed by atoms with Crippen LogP contribution in [-0.2, 0) is 9.53 Å². The minimum atomic E-state index is -0.455. The van der Waals surface area contributed by atoms with E-state index in [9.17, 15) is 14.9 Å². The summed E-state index contributed by atoms with van der Waals surface area (Å²) < 4.78 is 10.2. The number of carbonyl (C=O) groups is 1. The fraction of sp³-hybridized carbons (Fsp3) is 0.417. The third-order valence-corrected chi connectivity index (χ3v) is 2.16. The Morgan fingerprint density at radius 3 is 2.39 bits per heavy atom. The van der Waals surface area contributed by atoms with Crippen molar-refractivity contribution >= 4 is 11.7 Å². The molecule has 0 aliphatic heterocycles. The van der Waals surface area contributed by atoms with Gasteiger partial charge in [0.15, 0.2) is 0 Å². The van der Waals surface area contributed by atoms with Crippen LogP contribution in [0.2, 0.25) is 0 Å². The Kier molecular flexibility index (Phi) is 5.63. The molecule has 0 radical (unpaired) electrons. The van der Waals surface area contributed by atoms with Gasteiger partial charge in [0.05, 0.1) is 18.1 Å². The Morgan fingerprint density at radius 2 is 1.83 bits per heavy atom. The van der Waals surface area contributed by atoms with Crippen molar-refractivity contribution in [2.24, 2.45) is 0 Å². The average Bonchev–Trinajstić information content (AvgIpc) is 2.34. The first-order chi connectivity index (χ1) is 8.59. The molecule has 6 nitrogen and oxygen atoms in total. The summed E-state index contributed by atoms with van der Waals surface area (Å²) in [6.45, 7) is 2.24. The van der Waals surface area contributed by atoms with Crippen molar-refractivity contribution in [1.82, 2.24) is 0 Å². The van der Waals surface area contributed by atoms with E-state index in [1.165, 1.54) is 19.1 Å². The standard InChI is InChI=1S/C12H15NO5/c1-10(14)17-8-2-3-9-18-12-6-4-11(5-7-12)13(15)16/h4-7H,2-3,8-9H2,1H3. The quantitative estimate of drug-likeness (QED) is 0.322. The maximum atomic E-state index is 10.5. The number of nitrogens with zero attached hydrogens (tertiary/aromatic N) is 1. The first kappa shape index (κ1) is 14.0. The number of nitro benzene ring substituents is 1. The average molecular weight is 253 g/mol. The highest BCUT2D eigenvalue weighted by Gasteiger charge is 2.04. The summed E-state index contributed by atoms with van der Waals surface area (Å²) in [7, 11) is 0. The summed E-state index contributed by atoms with van der Waals surface area (Å²) >= 11 is 0. The smallest absolute Gasteiger partial charge is 0.302 e. The maximum Gasteiger partial charge on any atom is 0.302 e. The number of non-ortho nitro benzene ring substituents is 1. The monoisotopic (exact) mass is 253 g/mol. The van der Waals surface area contributed by atoms with Crippen molar-refractivity contribution in [3.63, 3.8) is 0 Å². The van der Waals surface area contributed by atoms with Crippen LogP contribution in [0.25, 0.3) is 0 Å². The second-order valence-corrected chi connectivity index (χ2v) is 3.65. The van der Waals surface area contributed by atoms with Gasteiger partial charge in [-0.2, -0.15) is 0 Å². The highest BCUT2D eigenvalue weighted by Crippen LogP contribution is 2.17. The number of benzene rings is 1. The van der Waals surface area contributed by atoms with E-state index in [4.69, 9.17) is 9.47 Å². The lowest BCUT2D eigenvalue weighted by Crippen LogP contribution is -2.03. The number of carbonyl (C=O) groups excluding carboxylic acids is 1. The molecule has 18 heavy (non-hydrogen) atoms. The molecule has 0 bridgehead atoms. The molecule has 0 N–H and O–H groups in total. The normalized spacial score (nSPS) is 9.83. The lowest BCUT2D eigenvalue weighted by atomic mass is 10.3. The summed E-state index contributed by atoms with van der Waals surface area (Å²) in [5.41, 5.74) is 0.0391. The summed E-state index contributed by atoms with van der Waals surface area (Å²) in [5, 5.41) is 10.4. The summed E-state index contributed by atoms with van der Waals surface area (Å²) in [6.07, 6.45) is 1.48. The molecule has 0 saturated carbocycles. The lowest BCUT2D eigenvalue weighted by molar-refractivity contribution is -0.384. The fourth-order valence-electron chi connectivity index (χ4n) is 1.27. The molecule has 0 saturated heterocycles. The van der Waals surface area contributed by atoms with Crippen molar-refractivity contribution in [3.05, 3.63) is 34.4 Å². The SMILES string of the molecule is CC(=O)OCCCCOc1ccc([N+](=O)[O-])cc1. The number of rotatable bonds is 7. The van der Waals surface area contributed by atoms with Gasteiger partial charge in [0.1, 0.15) is 5.75 Å². The summed E-state index contributed by atoms with van der Waals surface area (Å²) in [6, 6.07) is 5.91. The van der Waals surface area contributed by atoms with E-state index in [0.717, 1.165) is 12.8 Å². The van der Waals surface area contributed by atoms with Crippen LogP contribution in [0.1, 0.15) is 19.8 Å². The molecule has 0 aromatic heterocycles. The molecule has 0 aliphatic rings. The molecule has 6 heteroatoms. The van der Waals surface area contributed by atoms with Gasteiger partial charge in [-0.25, -0.2) is 0 Å². The molecule has 0 spiro atoms. The van der Waals surface area contributed by atoms with Crippen LogP contribution in [0.4, 0.5) is 5.69 Å². The van der Waals surface area contributed by atoms with Gasteiger partial charge in [-0.1, -0.05) is 0 Å². The lowest BCUT2D eigenvalue weighted by Gasteiger charge is -2.05. The topological polar surface area (TPSA) is 78.7 Å². The molecule has 0 amide bonds. The zero-order chi connectivity index (χ0) is 13.4. The first-order valence-corrected chi connectivity index (χ1v) is 5.60. The number of unbranched alkanes of at least 4 members (excludes halogenated alkanes) is 1. The predicted octanol–water partition coefficient (Wildman–Crippen LogP) is 2.32. The number of esters is 1. The summed E-state index contributed by atoms with van der Waals surface area (Å²) in [5.74, 6) is 0.305. The number of hydrogen-bond acceptors (Lipinski definition) is 5. The van der Waals surface area contributed by atoms with Crippen LogP contribution in [0.5, 0.6) is 5.75 Å². The molecule has 0 fully saturated rings. The van der Waals surface area contributed by atoms with E-state index in [-0.39, 0.29) is 11.7 Å². The van der Waals surface area contributed by atoms with E-state index >= 15 is 0 Å². The van der Waals surface area contributed by atoms with Crippen molar-refractivity contribution in [2.75, 3.05) is 13.2 Å². The van der Waals surface area contributed by atoms with E-state index in [2.05, 4.69) is 0 Å². The molecule has 1 rings (SSSR count). The Morgan fingerprint density at radius 1 is 1.22 bits per heavy atom. The van der Waals surface area contributed by atoms with Crippen LogP contribution in [0.3, 0.4) is 0 Å². The van der Waals surface area contributed by atoms with E-state index < -0.39 is 4.92 Å². The molecule has 1 aromatic rings. The predicted molar refractivity (Wildman–Crippen MR) is 64.5 cm³/mol. The molecule has 1 aromatic carbocycles. The van der Waals surface area contributed by atoms with Crippen LogP contribution in [0, 0.1) is 10.1 Å². The van der Waals surface area contributed by atoms with Crippen molar-refractivity contribution in [2.45, 2.75) is 19.8 Å². The van der Waals surface area contributed by atoms with Crippen molar-refractivity contribution in [1.29, 1.82) is 0 Å². The summed E-state index contributed by atoms with van der Waals surface area (Å²) in [4.78, 5) is 20.4. The van der Waals surface area contributed by atoms with Crippen LogP contribution in [-0.4, -0.2) is 24.1 Å². The van der Waals surface area contributed by atoms with Gasteiger partial charge in [-0.05, 0) is 25.0 Å². The molecule has 0 aliphatic carbocycles. The fourth-order valence-corrected chi connectivity index (χ4v) is 1.27. The third kappa shape index (κ3) is 5.29. The Labute approximate surface area is 105 Å². The van der Waals surface area contributed by atoms with Crippen LogP contribution < -0.4 is 4.74 Å². The number of nitro groups is 1. The van der Waals surface area contributed by atoms with E-state index in [1.807, 2.05) is 0 Å². The van der Waals surface area contributed by atoms with Crippen LogP contribution >= 0.6 is 0 Å². The van der Waals surface area contributed by atoms with Gasteiger partial charge in [-0.15, -0.1) is 0 Å². The molecule has 0 unspecified atom stereocenters. The van der Waals surface area contributed by atoms with E-state index in [0.29, 0.717) is 19.0 Å². The van der Waals surface area contributed by atoms with Gasteiger partial charge in [0.25, 0.3) is 5.69 Å². The molecule has 98 valence electrons. The molecular weight excluding hydrogens is 238 g/mol. The Hall–Kier alpha value is -2.11. The van der Waals surface area contributed by atoms with Crippen molar-refractivity contribution < 1.29 is 19.2 Å². The largest absolute Gasteiger partial charge is 0.494 e. The first-order valence-electron chi connectivity index (χ1n) is 5.60. The third-order valence-electron chi connectivity index (χ3n) is 2.16. The molecule has 0 atom stereocenters. The zero-order valence-corrected chi connectivity index (χ0v) is 10.1. The van der Waals surface area contributed by atoms with Crippen molar-refractivity contribution in [3.8, 4) is 5.75 Å². The van der Waals surface area contributed by atoms with Gasteiger partial charge in [0, 0.05) is 19.1 Å². The van der Waals surface area contributed by atoms with E-state index in [1.54, 1.807) is 12.1 Å². The number of hydrogen-bond donors (Lipinski definition) is 0. The Bertz CT molecular complexity index is 401. The minimum absolute atomic E-state index is 0.0391. The van der Waals surface area contributed by atoms with Gasteiger partial charge < -0.3 is 9.47 Å². The van der Waals surface area contributed by atoms with Gasteiger partial charge in [0.2, 0.25) is 0 Å². The van der Waals surface area contributed by atoms with Gasteiger partial charge >= 0.3 is 5.97 Å². The maximum absolute atomic E-state index is 10.5. The molecule has 0 heterocycles. The number of ether oxygens (including phenoxy) is 2. The highest BCUT2D eigenvalue weighted by atomic mass is 16.6. The van der Waals surface area contributed by atoms with Crippen LogP contribution in [0.15, 0.2) is 24.3 Å². The minimum Gasteiger partial charge on any atom is -0.494 e. The molecular formula is C12H15NO5. The second-order valence-electron chi connectivity index (χ2n) is 3.65. The second kappa shape index (κ2) is 7.26.